The van der Waals surface area contributed by atoms with E-state index in [4.69, 9.17) is 0 Å². The number of nitrogens with one attached hydrogen (secondary N) is 1. The van der Waals surface area contributed by atoms with Gasteiger partial charge < -0.3 is 5.32 Å². The Morgan fingerprint density at radius 1 is 1.58 bits per heavy atom. The highest BCUT2D eigenvalue weighted by atomic mass is 32.2. The van der Waals surface area contributed by atoms with E-state index in [9.17, 15) is 0 Å². The maximum Gasteiger partial charge on any atom is 0.156 e. The van der Waals surface area contributed by atoms with Gasteiger partial charge in [-0.1, -0.05) is 31.5 Å². The standard InChI is InChI=1S/C9H16N2S/c1-7-6-11-9(12-7)10-5-4-8-2-3-8/h7-8H,2-6H2,1H3,(H,10,11). The van der Waals surface area contributed by atoms with Crippen molar-refractivity contribution in [2.45, 2.75) is 31.4 Å². The third-order valence-electron chi connectivity index (χ3n) is 2.33. The van der Waals surface area contributed by atoms with Gasteiger partial charge in [-0.2, -0.15) is 0 Å². The van der Waals surface area contributed by atoms with Gasteiger partial charge in [0.15, 0.2) is 5.17 Å². The van der Waals surface area contributed by atoms with Crippen LogP contribution >= 0.6 is 11.8 Å². The highest BCUT2D eigenvalue weighted by Gasteiger charge is 2.21. The van der Waals surface area contributed by atoms with E-state index in [-0.39, 0.29) is 0 Å². The zero-order chi connectivity index (χ0) is 8.39. The maximum atomic E-state index is 4.40. The minimum atomic E-state index is 0.688. The Labute approximate surface area is 78.2 Å². The van der Waals surface area contributed by atoms with Crippen molar-refractivity contribution < 1.29 is 0 Å². The Hall–Kier alpha value is -0.180. The molecular formula is C9H16N2S. The average molecular weight is 184 g/mol. The van der Waals surface area contributed by atoms with Gasteiger partial charge in [0.25, 0.3) is 0 Å². The van der Waals surface area contributed by atoms with Gasteiger partial charge in [-0.25, -0.2) is 0 Å². The Balaban J connectivity index is 1.59. The molecule has 0 amide bonds. The topological polar surface area (TPSA) is 24.4 Å². The first-order valence-corrected chi connectivity index (χ1v) is 5.67. The second kappa shape index (κ2) is 3.69. The molecule has 12 heavy (non-hydrogen) atoms. The van der Waals surface area contributed by atoms with Crippen molar-refractivity contribution in [3.63, 3.8) is 0 Å². The van der Waals surface area contributed by atoms with E-state index in [1.54, 1.807) is 0 Å². The average Bonchev–Trinajstić information content (AvgIpc) is 2.76. The summed E-state index contributed by atoms with van der Waals surface area (Å²) in [5, 5.41) is 5.25. The van der Waals surface area contributed by atoms with Gasteiger partial charge in [0.2, 0.25) is 0 Å². The second-order valence-electron chi connectivity index (χ2n) is 3.73. The van der Waals surface area contributed by atoms with Crippen molar-refractivity contribution in [2.75, 3.05) is 13.1 Å². The van der Waals surface area contributed by atoms with Crippen LogP contribution in [0, 0.1) is 5.92 Å². The van der Waals surface area contributed by atoms with Crippen LogP contribution < -0.4 is 5.32 Å². The Kier molecular flexibility index (Phi) is 2.59. The number of hydrogen-bond acceptors (Lipinski definition) is 3. The summed E-state index contributed by atoms with van der Waals surface area (Å²) >= 11 is 1.88. The molecule has 0 bridgehead atoms. The fraction of sp³-hybridized carbons (Fsp3) is 0.889. The fourth-order valence-electron chi connectivity index (χ4n) is 1.36. The number of rotatable bonds is 3. The lowest BCUT2D eigenvalue weighted by Gasteiger charge is -2.04. The minimum absolute atomic E-state index is 0.688. The molecule has 1 aliphatic heterocycles. The Morgan fingerprint density at radius 3 is 3.00 bits per heavy atom. The van der Waals surface area contributed by atoms with Crippen LogP contribution in [0.1, 0.15) is 26.2 Å². The first-order valence-electron chi connectivity index (χ1n) is 4.79. The highest BCUT2D eigenvalue weighted by Crippen LogP contribution is 2.31. The van der Waals surface area contributed by atoms with Crippen LogP contribution in [0.3, 0.4) is 0 Å². The highest BCUT2D eigenvalue weighted by molar-refractivity contribution is 8.14. The summed E-state index contributed by atoms with van der Waals surface area (Å²) in [6, 6.07) is 0. The number of hydrogen-bond donors (Lipinski definition) is 1. The van der Waals surface area contributed by atoms with Gasteiger partial charge >= 0.3 is 0 Å². The summed E-state index contributed by atoms with van der Waals surface area (Å²) in [5.41, 5.74) is 0. The molecule has 2 aliphatic rings. The molecule has 0 saturated heterocycles. The summed E-state index contributed by atoms with van der Waals surface area (Å²) in [6.45, 7) is 4.35. The van der Waals surface area contributed by atoms with Crippen LogP contribution in [0.4, 0.5) is 0 Å². The predicted molar refractivity (Wildman–Crippen MR) is 54.7 cm³/mol. The summed E-state index contributed by atoms with van der Waals surface area (Å²) in [4.78, 5) is 4.40. The van der Waals surface area contributed by atoms with E-state index < -0.39 is 0 Å². The second-order valence-corrected chi connectivity index (χ2v) is 5.16. The third kappa shape index (κ3) is 2.41. The van der Waals surface area contributed by atoms with Gasteiger partial charge in [-0.15, -0.1) is 0 Å². The van der Waals surface area contributed by atoms with E-state index in [0.717, 1.165) is 19.0 Å². The zero-order valence-electron chi connectivity index (χ0n) is 7.55. The molecule has 0 aromatic carbocycles. The van der Waals surface area contributed by atoms with Crippen LogP contribution in [0.25, 0.3) is 0 Å². The Morgan fingerprint density at radius 2 is 2.42 bits per heavy atom. The number of amidine groups is 1. The number of aliphatic imine (C=N–C) groups is 1. The molecule has 2 rings (SSSR count). The molecule has 2 nitrogen and oxygen atoms in total. The first kappa shape index (κ1) is 8.42. The molecule has 68 valence electrons. The van der Waals surface area contributed by atoms with Crippen LogP contribution in [0.15, 0.2) is 4.99 Å². The fourth-order valence-corrected chi connectivity index (χ4v) is 2.23. The SMILES string of the molecule is CC1CN=C(NCCC2CC2)S1. The normalized spacial score (nSPS) is 28.8. The molecule has 1 heterocycles. The van der Waals surface area contributed by atoms with Gasteiger partial charge in [0.05, 0.1) is 6.54 Å². The predicted octanol–water partition coefficient (Wildman–Crippen LogP) is 1.87. The summed E-state index contributed by atoms with van der Waals surface area (Å²) in [5.74, 6) is 1.03. The van der Waals surface area contributed by atoms with Crippen molar-refractivity contribution in [3.8, 4) is 0 Å². The molecule has 0 aromatic heterocycles. The van der Waals surface area contributed by atoms with Crippen molar-refractivity contribution in [2.24, 2.45) is 10.9 Å². The van der Waals surface area contributed by atoms with Crippen molar-refractivity contribution in [1.29, 1.82) is 0 Å². The summed E-state index contributed by atoms with van der Waals surface area (Å²) in [6.07, 6.45) is 4.25. The number of thioether (sulfide) groups is 1. The van der Waals surface area contributed by atoms with Crippen LogP contribution in [0.2, 0.25) is 0 Å². The lowest BCUT2D eigenvalue weighted by Crippen LogP contribution is -2.20. The summed E-state index contributed by atoms with van der Waals surface area (Å²) in [7, 11) is 0. The molecule has 3 heteroatoms. The van der Waals surface area contributed by atoms with E-state index in [2.05, 4.69) is 17.2 Å². The lowest BCUT2D eigenvalue weighted by atomic mass is 10.3. The van der Waals surface area contributed by atoms with E-state index >= 15 is 0 Å². The van der Waals surface area contributed by atoms with Crippen LogP contribution in [-0.2, 0) is 0 Å². The third-order valence-corrected chi connectivity index (χ3v) is 3.38. The first-order chi connectivity index (χ1) is 5.84. The Bertz CT molecular complexity index is 187. The van der Waals surface area contributed by atoms with Gasteiger partial charge in [0.1, 0.15) is 0 Å². The van der Waals surface area contributed by atoms with Crippen LogP contribution in [0.5, 0.6) is 0 Å². The quantitative estimate of drug-likeness (QED) is 0.724. The van der Waals surface area contributed by atoms with E-state index in [0.29, 0.717) is 5.25 Å². The molecular weight excluding hydrogens is 168 g/mol. The van der Waals surface area contributed by atoms with Crippen molar-refractivity contribution in [1.82, 2.24) is 5.32 Å². The van der Waals surface area contributed by atoms with Gasteiger partial charge in [-0.3, -0.25) is 4.99 Å². The molecule has 0 aromatic rings. The van der Waals surface area contributed by atoms with E-state index in [1.165, 1.54) is 24.4 Å². The van der Waals surface area contributed by atoms with Crippen molar-refractivity contribution >= 4 is 16.9 Å². The van der Waals surface area contributed by atoms with Crippen molar-refractivity contribution in [3.05, 3.63) is 0 Å². The summed E-state index contributed by atoms with van der Waals surface area (Å²) < 4.78 is 0. The molecule has 1 fully saturated rings. The molecule has 1 saturated carbocycles. The molecule has 1 N–H and O–H groups in total. The number of nitrogens with zero attached hydrogens (tertiary/aromatic N) is 1. The minimum Gasteiger partial charge on any atom is -0.365 e. The monoisotopic (exact) mass is 184 g/mol. The molecule has 1 aliphatic carbocycles. The molecule has 1 atom stereocenters. The van der Waals surface area contributed by atoms with E-state index in [1.807, 2.05) is 11.8 Å². The van der Waals surface area contributed by atoms with Gasteiger partial charge in [-0.05, 0) is 12.3 Å². The molecule has 0 spiro atoms. The lowest BCUT2D eigenvalue weighted by molar-refractivity contribution is 0.702. The van der Waals surface area contributed by atoms with Crippen LogP contribution in [-0.4, -0.2) is 23.5 Å². The molecule has 1 unspecified atom stereocenters. The van der Waals surface area contributed by atoms with Gasteiger partial charge in [0, 0.05) is 11.8 Å². The molecule has 0 radical (unpaired) electrons. The smallest absolute Gasteiger partial charge is 0.156 e. The largest absolute Gasteiger partial charge is 0.365 e. The maximum absolute atomic E-state index is 4.40. The zero-order valence-corrected chi connectivity index (χ0v) is 8.36.